The lowest BCUT2D eigenvalue weighted by atomic mass is 9.86. The fourth-order valence-electron chi connectivity index (χ4n) is 2.67. The highest BCUT2D eigenvalue weighted by atomic mass is 35.5. The molecule has 6 heteroatoms. The number of carbonyl (C=O) groups is 2. The van der Waals surface area contributed by atoms with E-state index in [9.17, 15) is 14.7 Å². The maximum absolute atomic E-state index is 11.5. The molecule has 0 radical (unpaired) electrons. The Hall–Kier alpha value is -1.59. The Morgan fingerprint density at radius 3 is 2.81 bits per heavy atom. The molecule has 0 aromatic heterocycles. The van der Waals surface area contributed by atoms with Crippen molar-refractivity contribution in [1.82, 2.24) is 5.32 Å². The predicted molar refractivity (Wildman–Crippen MR) is 80.8 cm³/mol. The lowest BCUT2D eigenvalue weighted by Gasteiger charge is -2.18. The van der Waals surface area contributed by atoms with Crippen LogP contribution in [0.15, 0.2) is 24.3 Å². The Balaban J connectivity index is 0.00000220. The van der Waals surface area contributed by atoms with Gasteiger partial charge in [0.1, 0.15) is 0 Å². The molecule has 0 spiro atoms. The summed E-state index contributed by atoms with van der Waals surface area (Å²) in [6.45, 7) is 1.62. The van der Waals surface area contributed by atoms with Gasteiger partial charge in [-0.2, -0.15) is 0 Å². The van der Waals surface area contributed by atoms with E-state index in [1.54, 1.807) is 18.2 Å². The second-order valence-corrected chi connectivity index (χ2v) is 5.09. The van der Waals surface area contributed by atoms with Crippen LogP contribution in [0.3, 0.4) is 0 Å². The average molecular weight is 314 g/mol. The van der Waals surface area contributed by atoms with Crippen LogP contribution >= 0.6 is 12.4 Å². The van der Waals surface area contributed by atoms with Gasteiger partial charge in [0.25, 0.3) is 0 Å². The smallest absolute Gasteiger partial charge is 0.337 e. The molecule has 2 rings (SSSR count). The molecule has 5 nitrogen and oxygen atoms in total. The second kappa shape index (κ2) is 8.00. The summed E-state index contributed by atoms with van der Waals surface area (Å²) in [5.41, 5.74) is 1.31. The Morgan fingerprint density at radius 1 is 1.48 bits per heavy atom. The lowest BCUT2D eigenvalue weighted by molar-refractivity contribution is -0.143. The number of benzene rings is 1. The van der Waals surface area contributed by atoms with Crippen molar-refractivity contribution in [2.24, 2.45) is 11.8 Å². The number of carboxylic acid groups (broad SMARTS) is 1. The molecule has 0 aliphatic carbocycles. The Kier molecular flexibility index (Phi) is 6.65. The van der Waals surface area contributed by atoms with Gasteiger partial charge in [0.2, 0.25) is 0 Å². The number of hydrogen-bond acceptors (Lipinski definition) is 4. The first kappa shape index (κ1) is 17.5. The molecule has 2 N–H and O–H groups in total. The van der Waals surface area contributed by atoms with Gasteiger partial charge < -0.3 is 15.2 Å². The quantitative estimate of drug-likeness (QED) is 0.810. The third kappa shape index (κ3) is 4.44. The van der Waals surface area contributed by atoms with Crippen LogP contribution in [-0.2, 0) is 16.0 Å². The highest BCUT2D eigenvalue weighted by Crippen LogP contribution is 2.24. The maximum atomic E-state index is 11.5. The summed E-state index contributed by atoms with van der Waals surface area (Å²) in [6.07, 6.45) is 1.32. The van der Waals surface area contributed by atoms with E-state index in [0.29, 0.717) is 12.0 Å². The summed E-state index contributed by atoms with van der Waals surface area (Å²) in [5, 5.41) is 12.6. The first-order valence-corrected chi connectivity index (χ1v) is 6.72. The molecule has 1 saturated heterocycles. The lowest BCUT2D eigenvalue weighted by Crippen LogP contribution is -2.27. The zero-order valence-electron chi connectivity index (χ0n) is 11.9. The van der Waals surface area contributed by atoms with Gasteiger partial charge in [0, 0.05) is 0 Å². The summed E-state index contributed by atoms with van der Waals surface area (Å²) in [5.74, 6) is -1.45. The van der Waals surface area contributed by atoms with E-state index >= 15 is 0 Å². The summed E-state index contributed by atoms with van der Waals surface area (Å²) in [4.78, 5) is 22.9. The molecule has 116 valence electrons. The minimum Gasteiger partial charge on any atom is -0.481 e. The van der Waals surface area contributed by atoms with Gasteiger partial charge in [-0.1, -0.05) is 12.1 Å². The molecule has 1 aromatic carbocycles. The van der Waals surface area contributed by atoms with Crippen molar-refractivity contribution in [3.8, 4) is 0 Å². The van der Waals surface area contributed by atoms with Crippen LogP contribution < -0.4 is 5.32 Å². The molecule has 0 unspecified atom stereocenters. The number of carboxylic acids is 1. The van der Waals surface area contributed by atoms with Crippen LogP contribution in [0.2, 0.25) is 0 Å². The minimum absolute atomic E-state index is 0. The van der Waals surface area contributed by atoms with Gasteiger partial charge in [0.15, 0.2) is 0 Å². The topological polar surface area (TPSA) is 75.6 Å². The largest absolute Gasteiger partial charge is 0.481 e. The molecule has 1 aliphatic rings. The van der Waals surface area contributed by atoms with Crippen LogP contribution in [0.4, 0.5) is 0 Å². The van der Waals surface area contributed by atoms with E-state index in [0.717, 1.165) is 25.1 Å². The number of aliphatic carboxylic acids is 1. The molecule has 21 heavy (non-hydrogen) atoms. The molecule has 0 amide bonds. The summed E-state index contributed by atoms with van der Waals surface area (Å²) >= 11 is 0. The van der Waals surface area contributed by atoms with E-state index in [1.165, 1.54) is 7.11 Å². The van der Waals surface area contributed by atoms with Gasteiger partial charge in [0.05, 0.1) is 18.6 Å². The molecule has 1 fully saturated rings. The van der Waals surface area contributed by atoms with Gasteiger partial charge in [-0.05, 0) is 49.5 Å². The maximum Gasteiger partial charge on any atom is 0.337 e. The van der Waals surface area contributed by atoms with Gasteiger partial charge >= 0.3 is 11.9 Å². The number of nitrogens with one attached hydrogen (secondary N) is 1. The van der Waals surface area contributed by atoms with E-state index in [4.69, 9.17) is 0 Å². The summed E-state index contributed by atoms with van der Waals surface area (Å²) < 4.78 is 4.68. The summed E-state index contributed by atoms with van der Waals surface area (Å²) in [6, 6.07) is 6.99. The van der Waals surface area contributed by atoms with Crippen molar-refractivity contribution in [3.05, 3.63) is 35.4 Å². The number of hydrogen-bond donors (Lipinski definition) is 2. The van der Waals surface area contributed by atoms with Crippen molar-refractivity contribution in [2.45, 2.75) is 12.8 Å². The molecular formula is C15H20ClNO4. The Bertz CT molecular complexity index is 500. The van der Waals surface area contributed by atoms with E-state index in [-0.39, 0.29) is 18.3 Å². The van der Waals surface area contributed by atoms with Crippen LogP contribution in [0.1, 0.15) is 22.3 Å². The zero-order chi connectivity index (χ0) is 14.5. The third-order valence-electron chi connectivity index (χ3n) is 3.79. The van der Waals surface area contributed by atoms with E-state index in [2.05, 4.69) is 10.1 Å². The standard InChI is InChI=1S/C15H19NO4.ClH/c1-20-15(19)11-4-2-3-10(7-11)8-13(14(17)18)12-5-6-16-9-12;/h2-4,7,12-13,16H,5-6,8-9H2,1H3,(H,17,18);1H/t12-,13-;/m0./s1. The number of halogens is 1. The third-order valence-corrected chi connectivity index (χ3v) is 3.79. The predicted octanol–water partition coefficient (Wildman–Crippen LogP) is 1.75. The van der Waals surface area contributed by atoms with Crippen molar-refractivity contribution in [3.63, 3.8) is 0 Å². The number of esters is 1. The SMILES string of the molecule is COC(=O)c1cccc(C[C@H](C(=O)O)[C@H]2CCNC2)c1.Cl. The normalized spacial score (nSPS) is 18.6. The second-order valence-electron chi connectivity index (χ2n) is 5.09. The molecule has 0 bridgehead atoms. The van der Waals surface area contributed by atoms with Crippen molar-refractivity contribution >= 4 is 24.3 Å². The Morgan fingerprint density at radius 2 is 2.24 bits per heavy atom. The molecule has 2 atom stereocenters. The molecule has 1 aromatic rings. The van der Waals surface area contributed by atoms with Crippen LogP contribution in [-0.4, -0.2) is 37.2 Å². The first-order valence-electron chi connectivity index (χ1n) is 6.72. The first-order chi connectivity index (χ1) is 9.61. The average Bonchev–Trinajstić information content (AvgIpc) is 2.97. The highest BCUT2D eigenvalue weighted by Gasteiger charge is 2.30. The van der Waals surface area contributed by atoms with E-state index < -0.39 is 17.9 Å². The van der Waals surface area contributed by atoms with Gasteiger partial charge in [-0.25, -0.2) is 4.79 Å². The number of rotatable bonds is 5. The van der Waals surface area contributed by atoms with Crippen LogP contribution in [0.5, 0.6) is 0 Å². The van der Waals surface area contributed by atoms with Gasteiger partial charge in [-0.3, -0.25) is 4.79 Å². The fourth-order valence-corrected chi connectivity index (χ4v) is 2.67. The number of ether oxygens (including phenoxy) is 1. The van der Waals surface area contributed by atoms with Crippen molar-refractivity contribution in [2.75, 3.05) is 20.2 Å². The highest BCUT2D eigenvalue weighted by molar-refractivity contribution is 5.89. The minimum atomic E-state index is -0.776. The van der Waals surface area contributed by atoms with Gasteiger partial charge in [-0.15, -0.1) is 12.4 Å². The van der Waals surface area contributed by atoms with Crippen LogP contribution in [0, 0.1) is 11.8 Å². The fraction of sp³-hybridized carbons (Fsp3) is 0.467. The molecule has 1 aliphatic heterocycles. The van der Waals surface area contributed by atoms with Crippen molar-refractivity contribution < 1.29 is 19.4 Å². The zero-order valence-corrected chi connectivity index (χ0v) is 12.7. The summed E-state index contributed by atoms with van der Waals surface area (Å²) in [7, 11) is 1.33. The van der Waals surface area contributed by atoms with Crippen LogP contribution in [0.25, 0.3) is 0 Å². The molecule has 0 saturated carbocycles. The van der Waals surface area contributed by atoms with E-state index in [1.807, 2.05) is 6.07 Å². The molecule has 1 heterocycles. The monoisotopic (exact) mass is 313 g/mol. The number of carbonyl (C=O) groups excluding carboxylic acids is 1. The number of methoxy groups -OCH3 is 1. The van der Waals surface area contributed by atoms with Crippen molar-refractivity contribution in [1.29, 1.82) is 0 Å². The molecular weight excluding hydrogens is 294 g/mol. The Labute approximate surface area is 130 Å².